The van der Waals surface area contributed by atoms with Crippen LogP contribution in [-0.2, 0) is 13.0 Å². The summed E-state index contributed by atoms with van der Waals surface area (Å²) in [5.74, 6) is -0.201. The number of ether oxygens (including phenoxy) is 1. The van der Waals surface area contributed by atoms with Crippen LogP contribution in [0.15, 0.2) is 47.3 Å². The fraction of sp³-hybridized carbons (Fsp3) is 0.200. The molecule has 0 spiro atoms. The molecule has 1 aromatic heterocycles. The predicted molar refractivity (Wildman–Crippen MR) is 99.1 cm³/mol. The molecule has 3 aromatic rings. The lowest BCUT2D eigenvalue weighted by molar-refractivity contribution is 0.102. The van der Waals surface area contributed by atoms with E-state index >= 15 is 0 Å². The Morgan fingerprint density at radius 3 is 2.73 bits per heavy atom. The molecule has 2 aromatic carbocycles. The van der Waals surface area contributed by atoms with Crippen molar-refractivity contribution < 1.29 is 14.6 Å². The van der Waals surface area contributed by atoms with Crippen molar-refractivity contribution in [2.24, 2.45) is 0 Å². The summed E-state index contributed by atoms with van der Waals surface area (Å²) in [6.45, 7) is 2.96. The third-order valence-electron chi connectivity index (χ3n) is 4.60. The van der Waals surface area contributed by atoms with Gasteiger partial charge in [-0.25, -0.2) is 0 Å². The molecule has 4 rings (SSSR count). The first-order valence-corrected chi connectivity index (χ1v) is 8.51. The van der Waals surface area contributed by atoms with Gasteiger partial charge in [-0.05, 0) is 49.2 Å². The number of aryl methyl sites for hydroxylation is 2. The van der Waals surface area contributed by atoms with Gasteiger partial charge in [0.05, 0.1) is 12.1 Å². The van der Waals surface area contributed by atoms with Gasteiger partial charge >= 0.3 is 0 Å². The summed E-state index contributed by atoms with van der Waals surface area (Å²) < 4.78 is 6.93. The second kappa shape index (κ2) is 6.22. The zero-order chi connectivity index (χ0) is 18.3. The number of nitrogens with one attached hydrogen (secondary N) is 1. The highest BCUT2D eigenvalue weighted by molar-refractivity contribution is 6.09. The number of aromatic nitrogens is 1. The number of rotatable bonds is 4. The summed E-state index contributed by atoms with van der Waals surface area (Å²) in [4.78, 5) is 25.4. The van der Waals surface area contributed by atoms with Crippen molar-refractivity contribution in [1.82, 2.24) is 4.57 Å². The first kappa shape index (κ1) is 16.2. The Balaban J connectivity index is 1.73. The van der Waals surface area contributed by atoms with Crippen LogP contribution in [-0.4, -0.2) is 22.2 Å². The Morgan fingerprint density at radius 2 is 2.00 bits per heavy atom. The number of anilines is 1. The van der Waals surface area contributed by atoms with Crippen molar-refractivity contribution in [2.45, 2.75) is 19.9 Å². The Bertz CT molecular complexity index is 1070. The maximum absolute atomic E-state index is 12.8. The molecule has 1 aliphatic rings. The Morgan fingerprint density at radius 1 is 1.23 bits per heavy atom. The summed E-state index contributed by atoms with van der Waals surface area (Å²) in [7, 11) is 0. The minimum atomic E-state index is -0.625. The van der Waals surface area contributed by atoms with Crippen molar-refractivity contribution in [3.8, 4) is 11.5 Å². The lowest BCUT2D eigenvalue weighted by atomic mass is 10.1. The normalized spacial score (nSPS) is 12.3. The molecule has 0 fully saturated rings. The molecule has 6 heteroatoms. The fourth-order valence-corrected chi connectivity index (χ4v) is 3.42. The van der Waals surface area contributed by atoms with Gasteiger partial charge in [0, 0.05) is 17.6 Å². The molecular weight excluding hydrogens is 332 g/mol. The van der Waals surface area contributed by atoms with Crippen LogP contribution in [0.25, 0.3) is 10.9 Å². The first-order valence-electron chi connectivity index (χ1n) is 8.51. The number of hydrogen-bond donors (Lipinski definition) is 2. The van der Waals surface area contributed by atoms with Crippen LogP contribution in [0.1, 0.15) is 22.8 Å². The Labute approximate surface area is 149 Å². The summed E-state index contributed by atoms with van der Waals surface area (Å²) in [5, 5.41) is 13.8. The maximum Gasteiger partial charge on any atom is 0.267 e. The number of para-hydroxylation sites is 1. The van der Waals surface area contributed by atoms with E-state index in [0.717, 1.165) is 12.0 Å². The summed E-state index contributed by atoms with van der Waals surface area (Å²) in [6.07, 6.45) is 0.718. The van der Waals surface area contributed by atoms with Crippen molar-refractivity contribution in [1.29, 1.82) is 0 Å². The topological polar surface area (TPSA) is 80.6 Å². The highest BCUT2D eigenvalue weighted by Gasteiger charge is 2.26. The van der Waals surface area contributed by atoms with Crippen molar-refractivity contribution in [3.05, 3.63) is 63.9 Å². The quantitative estimate of drug-likeness (QED) is 0.758. The van der Waals surface area contributed by atoms with Crippen molar-refractivity contribution >= 4 is 22.5 Å². The average Bonchev–Trinajstić information content (AvgIpc) is 3.07. The van der Waals surface area contributed by atoms with Crippen LogP contribution >= 0.6 is 0 Å². The van der Waals surface area contributed by atoms with E-state index in [1.54, 1.807) is 34.9 Å². The van der Waals surface area contributed by atoms with Crippen LogP contribution in [0.4, 0.5) is 5.69 Å². The van der Waals surface area contributed by atoms with Crippen LogP contribution in [0.2, 0.25) is 0 Å². The third kappa shape index (κ3) is 2.50. The predicted octanol–water partition coefficient (Wildman–Crippen LogP) is 2.91. The van der Waals surface area contributed by atoms with Crippen molar-refractivity contribution in [3.63, 3.8) is 0 Å². The van der Waals surface area contributed by atoms with E-state index in [0.29, 0.717) is 35.5 Å². The second-order valence-corrected chi connectivity index (χ2v) is 6.16. The lowest BCUT2D eigenvalue weighted by Gasteiger charge is -2.12. The second-order valence-electron chi connectivity index (χ2n) is 6.16. The SMILES string of the molecule is CCOc1ccc(NC(=O)c2c(O)c3cccc4c3n(c2=O)CC4)cc1. The molecular formula is C20H18N2O4. The minimum absolute atomic E-state index is 0.231. The standard InChI is InChI=1S/C20H18N2O4/c1-2-26-14-8-6-13(7-9-14)21-19(24)16-18(23)15-5-3-4-12-10-11-22(17(12)15)20(16)25/h3-9,23H,2,10-11H2,1H3,(H,21,24). The smallest absolute Gasteiger partial charge is 0.267 e. The summed E-state index contributed by atoms with van der Waals surface area (Å²) in [6, 6.07) is 12.3. The monoisotopic (exact) mass is 350 g/mol. The van der Waals surface area contributed by atoms with Gasteiger partial charge in [-0.1, -0.05) is 12.1 Å². The largest absolute Gasteiger partial charge is 0.506 e. The molecule has 0 bridgehead atoms. The average molecular weight is 350 g/mol. The minimum Gasteiger partial charge on any atom is -0.506 e. The Hall–Kier alpha value is -3.28. The molecule has 1 aliphatic heterocycles. The van der Waals surface area contributed by atoms with Gasteiger partial charge in [-0.15, -0.1) is 0 Å². The molecule has 132 valence electrons. The number of nitrogens with zero attached hydrogens (tertiary/aromatic N) is 1. The number of carbonyl (C=O) groups excluding carboxylic acids is 1. The molecule has 0 saturated carbocycles. The van der Waals surface area contributed by atoms with Gasteiger partial charge in [0.2, 0.25) is 0 Å². The lowest BCUT2D eigenvalue weighted by Crippen LogP contribution is -2.28. The van der Waals surface area contributed by atoms with Gasteiger partial charge < -0.3 is 19.7 Å². The highest BCUT2D eigenvalue weighted by atomic mass is 16.5. The first-order chi connectivity index (χ1) is 12.6. The third-order valence-corrected chi connectivity index (χ3v) is 4.60. The highest BCUT2D eigenvalue weighted by Crippen LogP contribution is 2.32. The van der Waals surface area contributed by atoms with E-state index in [-0.39, 0.29) is 11.3 Å². The van der Waals surface area contributed by atoms with Crippen LogP contribution < -0.4 is 15.6 Å². The number of aromatic hydroxyl groups is 1. The van der Waals surface area contributed by atoms with Gasteiger partial charge in [-0.3, -0.25) is 9.59 Å². The van der Waals surface area contributed by atoms with E-state index < -0.39 is 11.5 Å². The van der Waals surface area contributed by atoms with Crippen LogP contribution in [0.3, 0.4) is 0 Å². The number of carbonyl (C=O) groups is 1. The van der Waals surface area contributed by atoms with E-state index in [2.05, 4.69) is 5.32 Å². The maximum atomic E-state index is 12.8. The van der Waals surface area contributed by atoms with E-state index in [4.69, 9.17) is 4.74 Å². The zero-order valence-corrected chi connectivity index (χ0v) is 14.3. The molecule has 0 aliphatic carbocycles. The molecule has 0 radical (unpaired) electrons. The van der Waals surface area contributed by atoms with E-state index in [1.807, 2.05) is 19.1 Å². The molecule has 0 atom stereocenters. The summed E-state index contributed by atoms with van der Waals surface area (Å²) in [5.41, 5.74) is 1.54. The van der Waals surface area contributed by atoms with E-state index in [1.165, 1.54) is 0 Å². The van der Waals surface area contributed by atoms with Crippen LogP contribution in [0, 0.1) is 0 Å². The number of amides is 1. The number of hydrogen-bond acceptors (Lipinski definition) is 4. The molecule has 2 heterocycles. The number of benzene rings is 2. The molecule has 0 saturated heterocycles. The Kier molecular flexibility index (Phi) is 3.88. The van der Waals surface area contributed by atoms with Gasteiger partial charge in [0.15, 0.2) is 0 Å². The van der Waals surface area contributed by atoms with Gasteiger partial charge in [0.1, 0.15) is 17.1 Å². The molecule has 26 heavy (non-hydrogen) atoms. The van der Waals surface area contributed by atoms with E-state index in [9.17, 15) is 14.7 Å². The molecule has 6 nitrogen and oxygen atoms in total. The fourth-order valence-electron chi connectivity index (χ4n) is 3.42. The molecule has 0 unspecified atom stereocenters. The summed E-state index contributed by atoms with van der Waals surface area (Å²) >= 11 is 0. The van der Waals surface area contributed by atoms with Crippen molar-refractivity contribution in [2.75, 3.05) is 11.9 Å². The zero-order valence-electron chi connectivity index (χ0n) is 14.3. The molecule has 2 N–H and O–H groups in total. The van der Waals surface area contributed by atoms with Crippen LogP contribution in [0.5, 0.6) is 11.5 Å². The molecule has 1 amide bonds. The van der Waals surface area contributed by atoms with Gasteiger partial charge in [-0.2, -0.15) is 0 Å². The van der Waals surface area contributed by atoms with Gasteiger partial charge in [0.25, 0.3) is 11.5 Å². The number of pyridine rings is 1.